The third-order valence-electron chi connectivity index (χ3n) is 5.88. The number of hydrogen-bond donors (Lipinski definition) is 1. The summed E-state index contributed by atoms with van der Waals surface area (Å²) in [4.78, 5) is 14.6. The summed E-state index contributed by atoms with van der Waals surface area (Å²) >= 11 is 6.45. The first-order valence-electron chi connectivity index (χ1n) is 10.5. The van der Waals surface area contributed by atoms with E-state index in [1.807, 2.05) is 25.1 Å². The molecule has 0 radical (unpaired) electrons. The molecule has 152 valence electrons. The van der Waals surface area contributed by atoms with Crippen LogP contribution in [0.4, 0.5) is 0 Å². The number of nitrogens with zero attached hydrogens (tertiary/aromatic N) is 2. The number of carbonyl (C=O) groups excluding carboxylic acids is 1. The standard InChI is InChI=1S/C24H28ClN3O/c1-2-26-24(29)18-11-13-27(14-12-18)17-21-15-19-7-4-6-10-23(19)28(21)16-20-8-3-5-9-22(20)25/h3-10,15,18H,2,11-14,16-17H2,1H3,(H,26,29). The molecule has 1 aliphatic heterocycles. The zero-order chi connectivity index (χ0) is 20.2. The molecular weight excluding hydrogens is 382 g/mol. The predicted octanol–water partition coefficient (Wildman–Crippen LogP) is 4.69. The van der Waals surface area contributed by atoms with Gasteiger partial charge >= 0.3 is 0 Å². The Kier molecular flexibility index (Phi) is 6.22. The smallest absolute Gasteiger partial charge is 0.223 e. The minimum atomic E-state index is 0.153. The second kappa shape index (κ2) is 9.02. The van der Waals surface area contributed by atoms with E-state index >= 15 is 0 Å². The largest absolute Gasteiger partial charge is 0.356 e. The number of aromatic nitrogens is 1. The summed E-state index contributed by atoms with van der Waals surface area (Å²) in [6.45, 7) is 6.25. The lowest BCUT2D eigenvalue weighted by atomic mass is 9.96. The Labute approximate surface area is 177 Å². The number of para-hydroxylation sites is 1. The Morgan fingerprint density at radius 1 is 1.07 bits per heavy atom. The maximum absolute atomic E-state index is 12.1. The summed E-state index contributed by atoms with van der Waals surface area (Å²) in [6, 6.07) is 18.9. The van der Waals surface area contributed by atoms with Gasteiger partial charge in [-0.05, 0) is 62.0 Å². The van der Waals surface area contributed by atoms with Crippen molar-refractivity contribution in [3.05, 3.63) is 70.9 Å². The average Bonchev–Trinajstić information content (AvgIpc) is 3.07. The molecule has 4 rings (SSSR count). The van der Waals surface area contributed by atoms with Crippen molar-refractivity contribution >= 4 is 28.4 Å². The molecule has 1 N–H and O–H groups in total. The van der Waals surface area contributed by atoms with Crippen molar-refractivity contribution in [3.63, 3.8) is 0 Å². The molecule has 2 heterocycles. The van der Waals surface area contributed by atoms with E-state index in [0.29, 0.717) is 6.54 Å². The fourth-order valence-corrected chi connectivity index (χ4v) is 4.48. The normalized spacial score (nSPS) is 15.7. The molecule has 0 saturated carbocycles. The van der Waals surface area contributed by atoms with Crippen molar-refractivity contribution in [1.29, 1.82) is 0 Å². The van der Waals surface area contributed by atoms with Gasteiger partial charge in [0.15, 0.2) is 0 Å². The number of benzene rings is 2. The summed E-state index contributed by atoms with van der Waals surface area (Å²) in [5.74, 6) is 0.361. The molecule has 0 aliphatic carbocycles. The molecule has 0 bridgehead atoms. The van der Waals surface area contributed by atoms with Gasteiger partial charge in [-0.2, -0.15) is 0 Å². The summed E-state index contributed by atoms with van der Waals surface area (Å²) < 4.78 is 2.38. The Bertz CT molecular complexity index is 989. The van der Waals surface area contributed by atoms with Gasteiger partial charge in [0.1, 0.15) is 0 Å². The number of amides is 1. The van der Waals surface area contributed by atoms with Crippen molar-refractivity contribution in [2.24, 2.45) is 5.92 Å². The second-order valence-corrected chi connectivity index (χ2v) is 8.22. The number of fused-ring (bicyclic) bond motifs is 1. The van der Waals surface area contributed by atoms with Gasteiger partial charge < -0.3 is 9.88 Å². The van der Waals surface area contributed by atoms with Crippen LogP contribution in [0.5, 0.6) is 0 Å². The van der Waals surface area contributed by atoms with Gasteiger partial charge in [0.25, 0.3) is 0 Å². The highest BCUT2D eigenvalue weighted by Crippen LogP contribution is 2.26. The first-order valence-corrected chi connectivity index (χ1v) is 10.8. The summed E-state index contributed by atoms with van der Waals surface area (Å²) in [5.41, 5.74) is 3.66. The zero-order valence-corrected chi connectivity index (χ0v) is 17.7. The third-order valence-corrected chi connectivity index (χ3v) is 6.25. The van der Waals surface area contributed by atoms with E-state index < -0.39 is 0 Å². The van der Waals surface area contributed by atoms with Gasteiger partial charge in [-0.1, -0.05) is 48.0 Å². The first kappa shape index (κ1) is 20.0. The van der Waals surface area contributed by atoms with Crippen LogP contribution >= 0.6 is 11.6 Å². The molecular formula is C24H28ClN3O. The molecule has 1 fully saturated rings. The lowest BCUT2D eigenvalue weighted by Gasteiger charge is -2.31. The van der Waals surface area contributed by atoms with E-state index in [9.17, 15) is 4.79 Å². The summed E-state index contributed by atoms with van der Waals surface area (Å²) in [7, 11) is 0. The lowest BCUT2D eigenvalue weighted by Crippen LogP contribution is -2.40. The second-order valence-electron chi connectivity index (χ2n) is 7.82. The van der Waals surface area contributed by atoms with Gasteiger partial charge in [0.05, 0.1) is 0 Å². The molecule has 1 aromatic heterocycles. The molecule has 4 nitrogen and oxygen atoms in total. The highest BCUT2D eigenvalue weighted by atomic mass is 35.5. The van der Waals surface area contributed by atoms with Gasteiger partial charge in [-0.3, -0.25) is 9.69 Å². The highest BCUT2D eigenvalue weighted by molar-refractivity contribution is 6.31. The number of hydrogen-bond acceptors (Lipinski definition) is 2. The molecule has 2 aromatic carbocycles. The van der Waals surface area contributed by atoms with Crippen LogP contribution in [0.1, 0.15) is 31.0 Å². The van der Waals surface area contributed by atoms with E-state index in [2.05, 4.69) is 51.2 Å². The van der Waals surface area contributed by atoms with E-state index in [1.54, 1.807) is 0 Å². The number of piperidine rings is 1. The van der Waals surface area contributed by atoms with Crippen LogP contribution in [-0.4, -0.2) is 35.0 Å². The van der Waals surface area contributed by atoms with Crippen molar-refractivity contribution in [3.8, 4) is 0 Å². The van der Waals surface area contributed by atoms with E-state index in [0.717, 1.165) is 49.6 Å². The zero-order valence-electron chi connectivity index (χ0n) is 16.9. The van der Waals surface area contributed by atoms with E-state index in [-0.39, 0.29) is 11.8 Å². The van der Waals surface area contributed by atoms with Gasteiger partial charge in [-0.25, -0.2) is 0 Å². The number of halogens is 1. The van der Waals surface area contributed by atoms with Crippen molar-refractivity contribution < 1.29 is 4.79 Å². The number of likely N-dealkylation sites (tertiary alicyclic amines) is 1. The van der Waals surface area contributed by atoms with Gasteiger partial charge in [0, 0.05) is 41.8 Å². The molecule has 0 unspecified atom stereocenters. The fourth-order valence-electron chi connectivity index (χ4n) is 4.28. The van der Waals surface area contributed by atoms with Gasteiger partial charge in [0.2, 0.25) is 5.91 Å². The van der Waals surface area contributed by atoms with Crippen LogP contribution in [0, 0.1) is 5.92 Å². The SMILES string of the molecule is CCNC(=O)C1CCN(Cc2cc3ccccc3n2Cc2ccccc2Cl)CC1. The third kappa shape index (κ3) is 4.49. The van der Waals surface area contributed by atoms with Crippen LogP contribution in [0.3, 0.4) is 0 Å². The molecule has 0 spiro atoms. The number of rotatable bonds is 6. The van der Waals surface area contributed by atoms with Crippen LogP contribution in [-0.2, 0) is 17.9 Å². The first-order chi connectivity index (χ1) is 14.2. The maximum atomic E-state index is 12.1. The molecule has 1 amide bonds. The number of nitrogens with one attached hydrogen (secondary N) is 1. The molecule has 1 aliphatic rings. The Morgan fingerprint density at radius 3 is 2.55 bits per heavy atom. The molecule has 5 heteroatoms. The quantitative estimate of drug-likeness (QED) is 0.641. The Balaban J connectivity index is 1.53. The summed E-state index contributed by atoms with van der Waals surface area (Å²) in [6.07, 6.45) is 1.85. The molecule has 29 heavy (non-hydrogen) atoms. The monoisotopic (exact) mass is 409 g/mol. The summed E-state index contributed by atoms with van der Waals surface area (Å²) in [5, 5.41) is 5.03. The van der Waals surface area contributed by atoms with E-state index in [1.165, 1.54) is 16.6 Å². The van der Waals surface area contributed by atoms with Crippen molar-refractivity contribution in [2.75, 3.05) is 19.6 Å². The van der Waals surface area contributed by atoms with Crippen molar-refractivity contribution in [1.82, 2.24) is 14.8 Å². The van der Waals surface area contributed by atoms with E-state index in [4.69, 9.17) is 11.6 Å². The molecule has 0 atom stereocenters. The number of carbonyl (C=O) groups is 1. The van der Waals surface area contributed by atoms with Crippen LogP contribution in [0.2, 0.25) is 5.02 Å². The predicted molar refractivity (Wildman–Crippen MR) is 119 cm³/mol. The minimum Gasteiger partial charge on any atom is -0.356 e. The molecule has 3 aromatic rings. The Morgan fingerprint density at radius 2 is 1.79 bits per heavy atom. The highest BCUT2D eigenvalue weighted by Gasteiger charge is 2.25. The van der Waals surface area contributed by atoms with Gasteiger partial charge in [-0.15, -0.1) is 0 Å². The van der Waals surface area contributed by atoms with Crippen molar-refractivity contribution in [2.45, 2.75) is 32.9 Å². The average molecular weight is 410 g/mol. The fraction of sp³-hybridized carbons (Fsp3) is 0.375. The minimum absolute atomic E-state index is 0.153. The topological polar surface area (TPSA) is 37.3 Å². The molecule has 1 saturated heterocycles. The maximum Gasteiger partial charge on any atom is 0.223 e. The van der Waals surface area contributed by atoms with Crippen LogP contribution in [0.25, 0.3) is 10.9 Å². The lowest BCUT2D eigenvalue weighted by molar-refractivity contribution is -0.126. The van der Waals surface area contributed by atoms with Crippen LogP contribution < -0.4 is 5.32 Å². The van der Waals surface area contributed by atoms with Crippen LogP contribution in [0.15, 0.2) is 54.6 Å². The Hall–Kier alpha value is -2.30.